The normalized spacial score (nSPS) is 10.8. The van der Waals surface area contributed by atoms with E-state index in [-0.39, 0.29) is 5.91 Å². The molecule has 29 heavy (non-hydrogen) atoms. The van der Waals surface area contributed by atoms with Crippen LogP contribution in [0, 0.1) is 6.92 Å². The number of hydrogen-bond donors (Lipinski definition) is 0. The second-order valence-corrected chi connectivity index (χ2v) is 8.13. The summed E-state index contributed by atoms with van der Waals surface area (Å²) in [5.41, 5.74) is 3.41. The highest BCUT2D eigenvalue weighted by atomic mass is 79.9. The second kappa shape index (κ2) is 9.46. The third kappa shape index (κ3) is 5.40. The molecule has 5 nitrogen and oxygen atoms in total. The number of hydrogen-bond acceptors (Lipinski definition) is 3. The number of carbonyl (C=O) groups is 1. The van der Waals surface area contributed by atoms with Gasteiger partial charge in [0.25, 0.3) is 5.91 Å². The predicted octanol–water partition coefficient (Wildman–Crippen LogP) is 5.48. The molecule has 0 saturated carbocycles. The van der Waals surface area contributed by atoms with E-state index in [9.17, 15) is 4.79 Å². The zero-order valence-electron chi connectivity index (χ0n) is 16.7. The van der Waals surface area contributed by atoms with Crippen molar-refractivity contribution < 1.29 is 9.53 Å². The molecular formula is C22H23BrClN3O2. The monoisotopic (exact) mass is 475 g/mol. The highest BCUT2D eigenvalue weighted by Crippen LogP contribution is 2.26. The van der Waals surface area contributed by atoms with Gasteiger partial charge in [0.2, 0.25) is 0 Å². The second-order valence-electron chi connectivity index (χ2n) is 6.86. The quantitative estimate of drug-likeness (QED) is 0.454. The van der Waals surface area contributed by atoms with Crippen molar-refractivity contribution in [3.05, 3.63) is 80.5 Å². The Balaban J connectivity index is 1.68. The van der Waals surface area contributed by atoms with Crippen molar-refractivity contribution in [2.24, 2.45) is 0 Å². The van der Waals surface area contributed by atoms with Crippen LogP contribution in [0.1, 0.15) is 34.1 Å². The fraction of sp³-hybridized carbons (Fsp3) is 0.273. The van der Waals surface area contributed by atoms with E-state index < -0.39 is 0 Å². The summed E-state index contributed by atoms with van der Waals surface area (Å²) in [6, 6.07) is 13.1. The number of benzene rings is 2. The zero-order valence-corrected chi connectivity index (χ0v) is 19.0. The smallest absolute Gasteiger partial charge is 0.253 e. The number of ether oxygens (including phenoxy) is 1. The highest BCUT2D eigenvalue weighted by molar-refractivity contribution is 9.10. The van der Waals surface area contributed by atoms with E-state index in [0.29, 0.717) is 29.5 Å². The lowest BCUT2D eigenvalue weighted by molar-refractivity contribution is 0.0782. The first kappa shape index (κ1) is 21.4. The van der Waals surface area contributed by atoms with Crippen molar-refractivity contribution >= 4 is 33.4 Å². The first-order chi connectivity index (χ1) is 13.9. The third-order valence-electron chi connectivity index (χ3n) is 4.50. The van der Waals surface area contributed by atoms with Crippen LogP contribution < -0.4 is 4.74 Å². The summed E-state index contributed by atoms with van der Waals surface area (Å²) in [6.45, 7) is 5.55. The Kier molecular flexibility index (Phi) is 6.98. The Bertz CT molecular complexity index is 1020. The summed E-state index contributed by atoms with van der Waals surface area (Å²) in [5, 5.41) is 5.05. The first-order valence-corrected chi connectivity index (χ1v) is 10.5. The van der Waals surface area contributed by atoms with Crippen LogP contribution in [0.3, 0.4) is 0 Å². The molecule has 0 bridgehead atoms. The molecule has 0 radical (unpaired) electrons. The van der Waals surface area contributed by atoms with Crippen LogP contribution in [0.5, 0.6) is 5.75 Å². The van der Waals surface area contributed by atoms with Crippen molar-refractivity contribution in [2.75, 3.05) is 7.05 Å². The van der Waals surface area contributed by atoms with E-state index >= 15 is 0 Å². The van der Waals surface area contributed by atoms with Gasteiger partial charge in [-0.1, -0.05) is 29.8 Å². The average Bonchev–Trinajstić information content (AvgIpc) is 3.07. The van der Waals surface area contributed by atoms with Crippen LogP contribution in [0.25, 0.3) is 0 Å². The molecular weight excluding hydrogens is 454 g/mol. The summed E-state index contributed by atoms with van der Waals surface area (Å²) in [6.07, 6.45) is 1.92. The zero-order chi connectivity index (χ0) is 21.0. The van der Waals surface area contributed by atoms with Crippen molar-refractivity contribution in [2.45, 2.75) is 33.5 Å². The minimum Gasteiger partial charge on any atom is -0.487 e. The summed E-state index contributed by atoms with van der Waals surface area (Å²) < 4.78 is 8.59. The van der Waals surface area contributed by atoms with Gasteiger partial charge in [0.15, 0.2) is 0 Å². The van der Waals surface area contributed by atoms with Gasteiger partial charge < -0.3 is 9.64 Å². The maximum atomic E-state index is 12.9. The van der Waals surface area contributed by atoms with Crippen LogP contribution >= 0.6 is 27.5 Å². The molecule has 1 aromatic heterocycles. The molecule has 2 aromatic carbocycles. The van der Waals surface area contributed by atoms with Gasteiger partial charge in [-0.3, -0.25) is 9.48 Å². The molecule has 1 heterocycles. The predicted molar refractivity (Wildman–Crippen MR) is 118 cm³/mol. The summed E-state index contributed by atoms with van der Waals surface area (Å²) in [4.78, 5) is 14.5. The average molecular weight is 477 g/mol. The highest BCUT2D eigenvalue weighted by Gasteiger charge is 2.16. The fourth-order valence-corrected chi connectivity index (χ4v) is 3.51. The minimum atomic E-state index is -0.0709. The molecule has 0 atom stereocenters. The Morgan fingerprint density at radius 1 is 1.28 bits per heavy atom. The Hall–Kier alpha value is -2.31. The number of rotatable bonds is 7. The molecule has 1 amide bonds. The summed E-state index contributed by atoms with van der Waals surface area (Å²) in [7, 11) is 1.77. The molecule has 152 valence electrons. The molecule has 0 saturated heterocycles. The standard InChI is InChI=1S/C22H23BrClN3O2/c1-4-27-12-18(23)20(25-27)13-26(3)22(28)17-7-5-6-16(11-17)14-29-21-10-15(2)8-9-19(21)24/h5-12H,4,13-14H2,1-3H3. The number of carbonyl (C=O) groups excluding carboxylic acids is 1. The maximum Gasteiger partial charge on any atom is 0.253 e. The van der Waals surface area contributed by atoms with Gasteiger partial charge in [-0.05, 0) is 65.2 Å². The van der Waals surface area contributed by atoms with E-state index in [4.69, 9.17) is 16.3 Å². The van der Waals surface area contributed by atoms with Crippen LogP contribution in [0.15, 0.2) is 53.1 Å². The van der Waals surface area contributed by atoms with Crippen molar-refractivity contribution in [3.8, 4) is 5.75 Å². The molecule has 0 aliphatic heterocycles. The number of aromatic nitrogens is 2. The molecule has 7 heteroatoms. The van der Waals surface area contributed by atoms with E-state index in [1.165, 1.54) is 0 Å². The maximum absolute atomic E-state index is 12.9. The van der Waals surface area contributed by atoms with Crippen molar-refractivity contribution in [1.82, 2.24) is 14.7 Å². The molecule has 0 unspecified atom stereocenters. The summed E-state index contributed by atoms with van der Waals surface area (Å²) in [5.74, 6) is 0.565. The van der Waals surface area contributed by atoms with Gasteiger partial charge in [0, 0.05) is 25.4 Å². The largest absolute Gasteiger partial charge is 0.487 e. The molecule has 0 fully saturated rings. The van der Waals surface area contributed by atoms with E-state index in [2.05, 4.69) is 21.0 Å². The molecule has 0 spiro atoms. The van der Waals surface area contributed by atoms with Gasteiger partial charge in [0.05, 0.1) is 21.7 Å². The molecule has 3 rings (SSSR count). The van der Waals surface area contributed by atoms with Gasteiger partial charge in [-0.2, -0.15) is 5.10 Å². The lowest BCUT2D eigenvalue weighted by Gasteiger charge is -2.17. The van der Waals surface area contributed by atoms with Crippen LogP contribution in [0.4, 0.5) is 0 Å². The van der Waals surface area contributed by atoms with E-state index in [1.807, 2.05) is 67.2 Å². The minimum absolute atomic E-state index is 0.0709. The number of halogens is 2. The molecule has 0 aliphatic rings. The van der Waals surface area contributed by atoms with Crippen LogP contribution in [0.2, 0.25) is 5.02 Å². The topological polar surface area (TPSA) is 47.4 Å². The van der Waals surface area contributed by atoms with E-state index in [0.717, 1.165) is 27.8 Å². The molecule has 3 aromatic rings. The molecule has 0 N–H and O–H groups in total. The van der Waals surface area contributed by atoms with Crippen LogP contribution in [-0.4, -0.2) is 27.6 Å². The molecule has 0 aliphatic carbocycles. The SMILES string of the molecule is CCn1cc(Br)c(CN(C)C(=O)c2cccc(COc3cc(C)ccc3Cl)c2)n1. The van der Waals surface area contributed by atoms with Crippen LogP contribution in [-0.2, 0) is 19.7 Å². The van der Waals surface area contributed by atoms with Gasteiger partial charge in [-0.25, -0.2) is 0 Å². The summed E-state index contributed by atoms with van der Waals surface area (Å²) >= 11 is 9.70. The van der Waals surface area contributed by atoms with Crippen molar-refractivity contribution in [3.63, 3.8) is 0 Å². The Morgan fingerprint density at radius 2 is 2.07 bits per heavy atom. The number of aryl methyl sites for hydroxylation is 2. The Labute approximate surface area is 184 Å². The van der Waals surface area contributed by atoms with Gasteiger partial charge >= 0.3 is 0 Å². The first-order valence-electron chi connectivity index (χ1n) is 9.32. The number of amides is 1. The van der Waals surface area contributed by atoms with E-state index in [1.54, 1.807) is 11.9 Å². The fourth-order valence-electron chi connectivity index (χ4n) is 2.90. The lowest BCUT2D eigenvalue weighted by atomic mass is 10.1. The third-order valence-corrected chi connectivity index (χ3v) is 5.47. The van der Waals surface area contributed by atoms with Gasteiger partial charge in [0.1, 0.15) is 12.4 Å². The van der Waals surface area contributed by atoms with Crippen molar-refractivity contribution in [1.29, 1.82) is 0 Å². The lowest BCUT2D eigenvalue weighted by Crippen LogP contribution is -2.26. The van der Waals surface area contributed by atoms with Gasteiger partial charge in [-0.15, -0.1) is 0 Å². The Morgan fingerprint density at radius 3 is 2.79 bits per heavy atom. The number of nitrogens with zero attached hydrogens (tertiary/aromatic N) is 3.